The molecule has 0 radical (unpaired) electrons. The van der Waals surface area contributed by atoms with Crippen molar-refractivity contribution >= 4 is 5.69 Å². The summed E-state index contributed by atoms with van der Waals surface area (Å²) in [5.74, 6) is 0. The molecule has 4 heteroatoms. The smallest absolute Gasteiger partial charge is 0.0589 e. The van der Waals surface area contributed by atoms with E-state index < -0.39 is 0 Å². The fourth-order valence-corrected chi connectivity index (χ4v) is 3.15. The first kappa shape index (κ1) is 16.3. The highest BCUT2D eigenvalue weighted by Gasteiger charge is 2.28. The maximum atomic E-state index is 6.48. The number of ether oxygens (including phenoxy) is 1. The van der Waals surface area contributed by atoms with E-state index >= 15 is 0 Å². The maximum Gasteiger partial charge on any atom is 0.0589 e. The summed E-state index contributed by atoms with van der Waals surface area (Å²) < 4.78 is 5.27. The molecule has 1 heterocycles. The Labute approximate surface area is 128 Å². The van der Waals surface area contributed by atoms with E-state index in [1.807, 2.05) is 0 Å². The minimum absolute atomic E-state index is 0.203. The quantitative estimate of drug-likeness (QED) is 0.903. The number of likely N-dealkylation sites (tertiary alicyclic amines) is 1. The van der Waals surface area contributed by atoms with E-state index in [0.717, 1.165) is 26.1 Å². The highest BCUT2D eigenvalue weighted by Crippen LogP contribution is 2.30. The molecule has 2 rings (SSSR count). The van der Waals surface area contributed by atoms with Crippen molar-refractivity contribution < 1.29 is 4.74 Å². The minimum Gasteiger partial charge on any atom is -0.383 e. The second-order valence-electron chi connectivity index (χ2n) is 6.12. The van der Waals surface area contributed by atoms with Crippen molar-refractivity contribution in [3.05, 3.63) is 29.8 Å². The molecule has 0 bridgehead atoms. The molecule has 1 aliphatic rings. The topological polar surface area (TPSA) is 41.7 Å². The lowest BCUT2D eigenvalue weighted by molar-refractivity contribution is 0.115. The van der Waals surface area contributed by atoms with Crippen molar-refractivity contribution in [3.8, 4) is 0 Å². The third-order valence-corrected chi connectivity index (χ3v) is 4.37. The van der Waals surface area contributed by atoms with Crippen LogP contribution in [0.3, 0.4) is 0 Å². The van der Waals surface area contributed by atoms with Gasteiger partial charge in [0.25, 0.3) is 0 Å². The number of nitrogens with two attached hydrogens (primary N) is 1. The third-order valence-electron chi connectivity index (χ3n) is 4.37. The van der Waals surface area contributed by atoms with Gasteiger partial charge in [0.15, 0.2) is 0 Å². The Morgan fingerprint density at radius 3 is 2.57 bits per heavy atom. The molecule has 1 aromatic carbocycles. The average Bonchev–Trinajstić information content (AvgIpc) is 2.66. The number of nitrogens with zero attached hydrogens (tertiary/aromatic N) is 2. The largest absolute Gasteiger partial charge is 0.383 e. The lowest BCUT2D eigenvalue weighted by Gasteiger charge is -2.34. The van der Waals surface area contributed by atoms with Gasteiger partial charge in [0.05, 0.1) is 6.61 Å². The molecule has 1 aliphatic heterocycles. The second-order valence-corrected chi connectivity index (χ2v) is 6.12. The molecule has 1 aromatic rings. The summed E-state index contributed by atoms with van der Waals surface area (Å²) >= 11 is 0. The van der Waals surface area contributed by atoms with Gasteiger partial charge in [0.2, 0.25) is 0 Å². The Kier molecular flexibility index (Phi) is 6.03. The van der Waals surface area contributed by atoms with Crippen LogP contribution < -0.4 is 10.6 Å². The van der Waals surface area contributed by atoms with Gasteiger partial charge in [-0.1, -0.05) is 18.6 Å². The van der Waals surface area contributed by atoms with Gasteiger partial charge in [-0.05, 0) is 37.1 Å². The SMILES string of the molecule is COCCN1CCCCC(N)C1c1ccc(N(C)C)cc1. The van der Waals surface area contributed by atoms with E-state index in [1.54, 1.807) is 7.11 Å². The highest BCUT2D eigenvalue weighted by molar-refractivity contribution is 5.46. The normalized spacial score (nSPS) is 23.8. The van der Waals surface area contributed by atoms with E-state index in [1.165, 1.54) is 24.1 Å². The Morgan fingerprint density at radius 1 is 1.24 bits per heavy atom. The Bertz CT molecular complexity index is 419. The zero-order chi connectivity index (χ0) is 15.2. The fraction of sp³-hybridized carbons (Fsp3) is 0.647. The minimum atomic E-state index is 0.203. The summed E-state index contributed by atoms with van der Waals surface area (Å²) in [7, 11) is 5.90. The molecule has 0 saturated carbocycles. The number of rotatable bonds is 5. The molecule has 1 saturated heterocycles. The molecule has 0 spiro atoms. The zero-order valence-corrected chi connectivity index (χ0v) is 13.6. The lowest BCUT2D eigenvalue weighted by Crippen LogP contribution is -2.41. The van der Waals surface area contributed by atoms with Crippen molar-refractivity contribution in [2.75, 3.05) is 45.8 Å². The molecule has 0 amide bonds. The number of anilines is 1. The van der Waals surface area contributed by atoms with E-state index in [-0.39, 0.29) is 6.04 Å². The van der Waals surface area contributed by atoms with E-state index in [4.69, 9.17) is 10.5 Å². The van der Waals surface area contributed by atoms with Gasteiger partial charge in [-0.25, -0.2) is 0 Å². The molecule has 0 aliphatic carbocycles. The van der Waals surface area contributed by atoms with Gasteiger partial charge < -0.3 is 15.4 Å². The summed E-state index contributed by atoms with van der Waals surface area (Å²) in [4.78, 5) is 4.62. The first-order chi connectivity index (χ1) is 10.1. The molecule has 21 heavy (non-hydrogen) atoms. The third kappa shape index (κ3) is 4.19. The van der Waals surface area contributed by atoms with Crippen LogP contribution in [0.25, 0.3) is 0 Å². The van der Waals surface area contributed by atoms with Gasteiger partial charge in [-0.15, -0.1) is 0 Å². The maximum absolute atomic E-state index is 6.48. The van der Waals surface area contributed by atoms with Crippen molar-refractivity contribution in [1.82, 2.24) is 4.90 Å². The predicted molar refractivity (Wildman–Crippen MR) is 88.8 cm³/mol. The van der Waals surface area contributed by atoms with Crippen LogP contribution in [0.15, 0.2) is 24.3 Å². The summed E-state index contributed by atoms with van der Waals surface area (Å²) in [6.45, 7) is 2.82. The standard InChI is InChI=1S/C17H29N3O/c1-19(2)15-9-7-14(8-10-15)17-16(18)6-4-5-11-20(17)12-13-21-3/h7-10,16-17H,4-6,11-13,18H2,1-3H3. The molecule has 4 nitrogen and oxygen atoms in total. The van der Waals surface area contributed by atoms with Crippen molar-refractivity contribution in [2.24, 2.45) is 5.73 Å². The monoisotopic (exact) mass is 291 g/mol. The van der Waals surface area contributed by atoms with Crippen LogP contribution >= 0.6 is 0 Å². The van der Waals surface area contributed by atoms with Crippen LogP contribution in [0.5, 0.6) is 0 Å². The van der Waals surface area contributed by atoms with Crippen LogP contribution in [-0.2, 0) is 4.74 Å². The molecule has 0 aromatic heterocycles. The first-order valence-electron chi connectivity index (χ1n) is 7.89. The highest BCUT2D eigenvalue weighted by atomic mass is 16.5. The molecule has 118 valence electrons. The van der Waals surface area contributed by atoms with Gasteiger partial charge in [-0.3, -0.25) is 4.90 Å². The first-order valence-corrected chi connectivity index (χ1v) is 7.89. The summed E-state index contributed by atoms with van der Waals surface area (Å²) in [5, 5.41) is 0. The van der Waals surface area contributed by atoms with E-state index in [9.17, 15) is 0 Å². The van der Waals surface area contributed by atoms with Crippen LogP contribution in [0, 0.1) is 0 Å². The number of benzene rings is 1. The van der Waals surface area contributed by atoms with E-state index in [2.05, 4.69) is 48.2 Å². The number of hydrogen-bond donors (Lipinski definition) is 1. The van der Waals surface area contributed by atoms with Gasteiger partial charge in [0.1, 0.15) is 0 Å². The lowest BCUT2D eigenvalue weighted by atomic mass is 9.96. The summed E-state index contributed by atoms with van der Waals surface area (Å²) in [6.07, 6.45) is 3.55. The van der Waals surface area contributed by atoms with E-state index in [0.29, 0.717) is 6.04 Å². The second kappa shape index (κ2) is 7.78. The number of methoxy groups -OCH3 is 1. The summed E-state index contributed by atoms with van der Waals surface area (Å²) in [5.41, 5.74) is 9.03. The predicted octanol–water partition coefficient (Wildman–Crippen LogP) is 2.25. The van der Waals surface area contributed by atoms with Crippen LogP contribution in [0.1, 0.15) is 30.9 Å². The fourth-order valence-electron chi connectivity index (χ4n) is 3.15. The number of hydrogen-bond acceptors (Lipinski definition) is 4. The Hall–Kier alpha value is -1.10. The zero-order valence-electron chi connectivity index (χ0n) is 13.6. The molecule has 2 unspecified atom stereocenters. The molecule has 1 fully saturated rings. The molecule has 2 atom stereocenters. The Balaban J connectivity index is 2.20. The molecular formula is C17H29N3O. The van der Waals surface area contributed by atoms with Crippen LogP contribution in [-0.4, -0.2) is 51.8 Å². The van der Waals surface area contributed by atoms with Crippen LogP contribution in [0.2, 0.25) is 0 Å². The molecular weight excluding hydrogens is 262 g/mol. The van der Waals surface area contributed by atoms with Crippen molar-refractivity contribution in [2.45, 2.75) is 31.3 Å². The van der Waals surface area contributed by atoms with Crippen LogP contribution in [0.4, 0.5) is 5.69 Å². The van der Waals surface area contributed by atoms with Gasteiger partial charge >= 0.3 is 0 Å². The summed E-state index contributed by atoms with van der Waals surface area (Å²) in [6, 6.07) is 9.33. The average molecular weight is 291 g/mol. The Morgan fingerprint density at radius 2 is 1.95 bits per heavy atom. The van der Waals surface area contributed by atoms with Gasteiger partial charge in [-0.2, -0.15) is 0 Å². The van der Waals surface area contributed by atoms with Gasteiger partial charge in [0, 0.05) is 45.5 Å². The molecule has 2 N–H and O–H groups in total. The van der Waals surface area contributed by atoms with Crippen molar-refractivity contribution in [3.63, 3.8) is 0 Å². The van der Waals surface area contributed by atoms with Crippen molar-refractivity contribution in [1.29, 1.82) is 0 Å².